The van der Waals surface area contributed by atoms with Crippen molar-refractivity contribution in [3.05, 3.63) is 156 Å². The third-order valence-corrected chi connectivity index (χ3v) is 8.60. The molecule has 0 spiro atoms. The zero-order chi connectivity index (χ0) is 32.4. The van der Waals surface area contributed by atoms with E-state index in [0.29, 0.717) is 0 Å². The first kappa shape index (κ1) is 37.6. The summed E-state index contributed by atoms with van der Waals surface area (Å²) < 4.78 is 0. The van der Waals surface area contributed by atoms with E-state index in [4.69, 9.17) is 0 Å². The van der Waals surface area contributed by atoms with E-state index in [2.05, 4.69) is 174 Å². The van der Waals surface area contributed by atoms with Crippen LogP contribution in [0.5, 0.6) is 0 Å². The van der Waals surface area contributed by atoms with Gasteiger partial charge in [0.25, 0.3) is 0 Å². The van der Waals surface area contributed by atoms with E-state index in [0.717, 1.165) is 0 Å². The quantitative estimate of drug-likeness (QED) is 0.135. The summed E-state index contributed by atoms with van der Waals surface area (Å²) in [7, 11) is 0. The predicted molar refractivity (Wildman–Crippen MR) is 201 cm³/mol. The van der Waals surface area contributed by atoms with Crippen molar-refractivity contribution in [1.82, 2.24) is 0 Å². The first-order valence-corrected chi connectivity index (χ1v) is 22.2. The van der Waals surface area contributed by atoms with Crippen molar-refractivity contribution in [3.8, 4) is 22.3 Å². The van der Waals surface area contributed by atoms with E-state index in [1.807, 2.05) is 0 Å². The fraction of sp³-hybridized carbons (Fsp3) is 0.136. The molecule has 48 heavy (non-hydrogen) atoms. The minimum Gasteiger partial charge on any atom is -1.00 e. The number of hydrogen-bond acceptors (Lipinski definition) is 0. The molecule has 0 N–H and O–H groups in total. The Labute approximate surface area is 313 Å². The topological polar surface area (TPSA) is 0 Å². The van der Waals surface area contributed by atoms with Gasteiger partial charge in [0.2, 0.25) is 0 Å². The van der Waals surface area contributed by atoms with Gasteiger partial charge in [-0.25, -0.2) is 0 Å². The molecule has 0 aliphatic heterocycles. The SMILES string of the molecule is C[Si](C)=[Zr+2].Cc1cc2c(-c3cccc4ccccc34)c(C)ccc2[cH-]1.Cc1cc2c(-c3cccc4ccccc34)c(C)ccc2[cH-]1.[Cl-].[Cl-]. The Morgan fingerprint density at radius 2 is 0.812 bits per heavy atom. The van der Waals surface area contributed by atoms with Gasteiger partial charge in [-0.15, -0.1) is 69.1 Å². The van der Waals surface area contributed by atoms with Gasteiger partial charge < -0.3 is 24.8 Å². The Kier molecular flexibility index (Phi) is 12.9. The van der Waals surface area contributed by atoms with Crippen molar-refractivity contribution in [2.24, 2.45) is 0 Å². The summed E-state index contributed by atoms with van der Waals surface area (Å²) in [6, 6.07) is 48.5. The summed E-state index contributed by atoms with van der Waals surface area (Å²) in [6.07, 6.45) is 0. The van der Waals surface area contributed by atoms with Crippen LogP contribution in [0.4, 0.5) is 0 Å². The Hall–Kier alpha value is -3.26. The minimum atomic E-state index is 0. The summed E-state index contributed by atoms with van der Waals surface area (Å²) in [5.74, 6) is 0. The van der Waals surface area contributed by atoms with Crippen LogP contribution in [0.1, 0.15) is 22.3 Å². The molecule has 0 amide bonds. The third kappa shape index (κ3) is 7.96. The molecule has 8 aromatic carbocycles. The van der Waals surface area contributed by atoms with Crippen LogP contribution in [0, 0.1) is 27.7 Å². The second-order valence-corrected chi connectivity index (χ2v) is 22.0. The zero-order valence-corrected chi connectivity index (χ0v) is 33.4. The number of rotatable bonds is 2. The summed E-state index contributed by atoms with van der Waals surface area (Å²) in [4.78, 5) is 0. The molecule has 0 heterocycles. The molecule has 0 atom stereocenters. The van der Waals surface area contributed by atoms with Gasteiger partial charge in [0.1, 0.15) is 0 Å². The maximum absolute atomic E-state index is 2.31. The second-order valence-electron chi connectivity index (χ2n) is 12.6. The van der Waals surface area contributed by atoms with Gasteiger partial charge in [0.15, 0.2) is 0 Å². The van der Waals surface area contributed by atoms with E-state index in [-0.39, 0.29) is 30.2 Å². The molecular formula is C44H40Cl2SiZr-2. The van der Waals surface area contributed by atoms with Gasteiger partial charge >= 0.3 is 41.9 Å². The summed E-state index contributed by atoms with van der Waals surface area (Å²) in [5, 5.41) is 10.7. The van der Waals surface area contributed by atoms with Crippen LogP contribution >= 0.6 is 0 Å². The summed E-state index contributed by atoms with van der Waals surface area (Å²) >= 11 is 1.74. The van der Waals surface area contributed by atoms with Gasteiger partial charge in [-0.05, 0) is 46.5 Å². The molecule has 0 bridgehead atoms. The smallest absolute Gasteiger partial charge is 0.0113 e. The Morgan fingerprint density at radius 1 is 0.458 bits per heavy atom. The van der Waals surface area contributed by atoms with E-state index < -0.39 is 0 Å². The Morgan fingerprint density at radius 3 is 1.21 bits per heavy atom. The predicted octanol–water partition coefficient (Wildman–Crippen LogP) is 6.78. The van der Waals surface area contributed by atoms with Crippen molar-refractivity contribution < 1.29 is 48.1 Å². The van der Waals surface area contributed by atoms with Gasteiger partial charge in [-0.2, -0.15) is 12.1 Å². The first-order valence-electron chi connectivity index (χ1n) is 16.0. The monoisotopic (exact) mass is 756 g/mol. The largest absolute Gasteiger partial charge is 1.00 e. The fourth-order valence-electron chi connectivity index (χ4n) is 6.68. The van der Waals surface area contributed by atoms with E-state index in [1.54, 1.807) is 23.3 Å². The molecule has 0 unspecified atom stereocenters. The second kappa shape index (κ2) is 16.4. The molecule has 0 aliphatic rings. The van der Waals surface area contributed by atoms with Gasteiger partial charge in [0, 0.05) is 0 Å². The van der Waals surface area contributed by atoms with Crippen LogP contribution < -0.4 is 24.8 Å². The molecule has 0 saturated carbocycles. The van der Waals surface area contributed by atoms with E-state index in [9.17, 15) is 0 Å². The first-order chi connectivity index (χ1) is 22.2. The average molecular weight is 759 g/mol. The number of fused-ring (bicyclic) bond motifs is 4. The zero-order valence-electron chi connectivity index (χ0n) is 28.5. The van der Waals surface area contributed by atoms with Crippen molar-refractivity contribution in [1.29, 1.82) is 0 Å². The van der Waals surface area contributed by atoms with Crippen LogP contribution in [-0.4, -0.2) is 5.43 Å². The fourth-order valence-corrected chi connectivity index (χ4v) is 6.68. The maximum atomic E-state index is 2.31. The van der Waals surface area contributed by atoms with Crippen molar-refractivity contribution >= 4 is 48.5 Å². The van der Waals surface area contributed by atoms with Crippen LogP contribution in [0.2, 0.25) is 13.1 Å². The Balaban J connectivity index is 0.000000188. The molecule has 8 aromatic rings. The molecule has 8 rings (SSSR count). The molecule has 0 fully saturated rings. The molecule has 4 heteroatoms. The van der Waals surface area contributed by atoms with Gasteiger partial charge in [-0.3, -0.25) is 0 Å². The molecular weight excluding hydrogens is 719 g/mol. The molecule has 0 radical (unpaired) electrons. The molecule has 240 valence electrons. The summed E-state index contributed by atoms with van der Waals surface area (Å²) in [6.45, 7) is 13.4. The van der Waals surface area contributed by atoms with Gasteiger partial charge in [0.05, 0.1) is 0 Å². The summed E-state index contributed by atoms with van der Waals surface area (Å²) in [5.41, 5.74) is 11.0. The van der Waals surface area contributed by atoms with Crippen molar-refractivity contribution in [2.45, 2.75) is 40.8 Å². The van der Waals surface area contributed by atoms with Crippen LogP contribution in [-0.2, 0) is 23.3 Å². The van der Waals surface area contributed by atoms with Crippen LogP contribution in [0.15, 0.2) is 133 Å². The Bertz CT molecular complexity index is 2180. The van der Waals surface area contributed by atoms with Crippen LogP contribution in [0.25, 0.3) is 65.3 Å². The molecule has 0 nitrogen and oxygen atoms in total. The van der Waals surface area contributed by atoms with Crippen molar-refractivity contribution in [3.63, 3.8) is 0 Å². The number of benzene rings is 6. The van der Waals surface area contributed by atoms with Gasteiger partial charge in [-0.1, -0.05) is 121 Å². The maximum Gasteiger partial charge on any atom is -0.0113 e. The van der Waals surface area contributed by atoms with E-state index in [1.165, 1.54) is 87.6 Å². The minimum absolute atomic E-state index is 0. The van der Waals surface area contributed by atoms with Crippen molar-refractivity contribution in [2.75, 3.05) is 0 Å². The molecule has 0 aliphatic carbocycles. The average Bonchev–Trinajstić information content (AvgIpc) is 3.61. The standard InChI is InChI=1S/2C21H17.C2H6Si.2ClH.Zr/c2*1-14-12-17-11-10-15(2)21(20(17)13-14)19-9-5-7-16-6-3-4-8-18(16)19;1-3-2;;;/h2*3-13H,1-2H3;1-2H3;2*1H;/q2*-1;;;;+2/p-2. The number of hydrogen-bond donors (Lipinski definition) is 0. The van der Waals surface area contributed by atoms with Crippen LogP contribution in [0.3, 0.4) is 0 Å². The third-order valence-electron chi connectivity index (χ3n) is 8.60. The van der Waals surface area contributed by atoms with E-state index >= 15 is 0 Å². The number of aryl methyl sites for hydroxylation is 4. The molecule has 0 aromatic heterocycles. The normalized spacial score (nSPS) is 10.5. The molecule has 0 saturated heterocycles. The number of halogens is 2.